The average Bonchev–Trinajstić information content (AvgIpc) is 2.02. The fourth-order valence-electron chi connectivity index (χ4n) is 0.412. The van der Waals surface area contributed by atoms with Crippen LogP contribution in [0, 0.1) is 19.8 Å². The first-order valence-corrected chi connectivity index (χ1v) is 3.07. The Morgan fingerprint density at radius 2 is 2.08 bits per heavy atom. The van der Waals surface area contributed by atoms with Gasteiger partial charge < -0.3 is 28.7 Å². The van der Waals surface area contributed by atoms with Crippen LogP contribution in [0.25, 0.3) is 0 Å². The molecular formula is C7H11NO3Y-2. The number of ether oxygens (including phenoxy) is 1. The van der Waals surface area contributed by atoms with Crippen molar-refractivity contribution in [3.8, 4) is 0 Å². The Morgan fingerprint density at radius 3 is 2.42 bits per heavy atom. The fourth-order valence-corrected chi connectivity index (χ4v) is 0.412. The molecule has 67 valence electrons. The second kappa shape index (κ2) is 7.68. The molecule has 2 unspecified atom stereocenters. The molecule has 0 heterocycles. The summed E-state index contributed by atoms with van der Waals surface area (Å²) in [7, 11) is 1.24. The third-order valence-electron chi connectivity index (χ3n) is 1.18. The molecule has 0 aliphatic heterocycles. The first kappa shape index (κ1) is 14.6. The van der Waals surface area contributed by atoms with E-state index in [1.54, 1.807) is 0 Å². The molecule has 0 saturated carbocycles. The van der Waals surface area contributed by atoms with Crippen molar-refractivity contribution in [2.24, 2.45) is 5.92 Å². The molecule has 2 atom stereocenters. The van der Waals surface area contributed by atoms with Crippen LogP contribution in [0.15, 0.2) is 0 Å². The van der Waals surface area contributed by atoms with Gasteiger partial charge in [0.25, 0.3) is 0 Å². The predicted octanol–water partition coefficient (Wildman–Crippen LogP) is 0.192. The normalized spacial score (nSPS) is 13.6. The Morgan fingerprint density at radius 1 is 1.58 bits per heavy atom. The maximum Gasteiger partial charge on any atom is 0.404 e. The maximum absolute atomic E-state index is 10.5. The summed E-state index contributed by atoms with van der Waals surface area (Å²) in [5, 5.41) is 2.31. The zero-order valence-corrected chi connectivity index (χ0v) is 9.79. The van der Waals surface area contributed by atoms with Gasteiger partial charge in [-0.3, -0.25) is 0 Å². The van der Waals surface area contributed by atoms with E-state index in [9.17, 15) is 9.59 Å². The number of hydrogen-bond acceptors (Lipinski definition) is 3. The molecule has 1 radical (unpaired) electrons. The number of nitrogens with one attached hydrogen (secondary N) is 1. The van der Waals surface area contributed by atoms with Crippen molar-refractivity contribution in [1.29, 1.82) is 0 Å². The number of amides is 1. The minimum Gasteiger partial charge on any atom is -0.453 e. The van der Waals surface area contributed by atoms with Crippen molar-refractivity contribution in [2.75, 3.05) is 7.11 Å². The quantitative estimate of drug-likeness (QED) is 0.571. The van der Waals surface area contributed by atoms with Gasteiger partial charge in [-0.05, 0) is 0 Å². The van der Waals surface area contributed by atoms with E-state index >= 15 is 0 Å². The van der Waals surface area contributed by atoms with Crippen LogP contribution < -0.4 is 5.32 Å². The zero-order valence-electron chi connectivity index (χ0n) is 6.95. The number of aldehydes is 1. The Balaban J connectivity index is 0. The van der Waals surface area contributed by atoms with Crippen LogP contribution in [-0.2, 0) is 42.2 Å². The molecule has 5 heteroatoms. The molecule has 0 aromatic carbocycles. The van der Waals surface area contributed by atoms with Crippen LogP contribution in [-0.4, -0.2) is 25.5 Å². The van der Waals surface area contributed by atoms with E-state index in [0.717, 1.165) is 0 Å². The molecule has 0 rings (SSSR count). The van der Waals surface area contributed by atoms with Crippen molar-refractivity contribution in [1.82, 2.24) is 5.32 Å². The number of carbonyl (C=O) groups is 2. The molecule has 0 fully saturated rings. The van der Waals surface area contributed by atoms with Crippen LogP contribution in [0.3, 0.4) is 0 Å². The summed E-state index contributed by atoms with van der Waals surface area (Å²) in [5.41, 5.74) is 0. The average molecular weight is 246 g/mol. The van der Waals surface area contributed by atoms with Crippen molar-refractivity contribution < 1.29 is 47.0 Å². The Kier molecular flexibility index (Phi) is 9.32. The molecule has 12 heavy (non-hydrogen) atoms. The summed E-state index contributed by atoms with van der Waals surface area (Å²) in [4.78, 5) is 20.6. The van der Waals surface area contributed by atoms with E-state index in [4.69, 9.17) is 0 Å². The fraction of sp³-hybridized carbons (Fsp3) is 0.429. The van der Waals surface area contributed by atoms with Gasteiger partial charge in [0.1, 0.15) is 0 Å². The summed E-state index contributed by atoms with van der Waals surface area (Å²) < 4.78 is 4.28. The Labute approximate surface area is 97.3 Å². The first-order valence-electron chi connectivity index (χ1n) is 3.07. The van der Waals surface area contributed by atoms with Crippen LogP contribution in [0.2, 0.25) is 0 Å². The van der Waals surface area contributed by atoms with Gasteiger partial charge in [0.2, 0.25) is 0 Å². The van der Waals surface area contributed by atoms with Crippen LogP contribution >= 0.6 is 0 Å². The summed E-state index contributed by atoms with van der Waals surface area (Å²) in [5.74, 6) is -0.547. The van der Waals surface area contributed by atoms with Crippen molar-refractivity contribution in [2.45, 2.75) is 6.04 Å². The van der Waals surface area contributed by atoms with Gasteiger partial charge in [0, 0.05) is 32.7 Å². The summed E-state index contributed by atoms with van der Waals surface area (Å²) >= 11 is 0. The number of rotatable bonds is 3. The number of hydrogen-bond donors (Lipinski definition) is 1. The number of methoxy groups -OCH3 is 1. The molecule has 0 aromatic rings. The van der Waals surface area contributed by atoms with Gasteiger partial charge in [-0.2, -0.15) is 0 Å². The number of alkyl carbamates (subject to hydrolysis) is 1. The minimum absolute atomic E-state index is 0. The molecule has 0 aliphatic carbocycles. The minimum atomic E-state index is -0.611. The third kappa shape index (κ3) is 5.66. The van der Waals surface area contributed by atoms with E-state index in [0.29, 0.717) is 6.29 Å². The molecule has 0 bridgehead atoms. The third-order valence-corrected chi connectivity index (χ3v) is 1.18. The Hall–Kier alpha value is 0.0439. The van der Waals surface area contributed by atoms with E-state index in [1.165, 1.54) is 7.11 Å². The van der Waals surface area contributed by atoms with Crippen LogP contribution in [0.1, 0.15) is 0 Å². The molecule has 0 aromatic heterocycles. The Bertz CT molecular complexity index is 152. The molecule has 0 aliphatic rings. The molecule has 1 amide bonds. The molecule has 0 spiro atoms. The van der Waals surface area contributed by atoms with Crippen LogP contribution in [0.5, 0.6) is 0 Å². The second-order valence-corrected chi connectivity index (χ2v) is 2.04. The molecule has 0 saturated heterocycles. The monoisotopic (exact) mass is 246 g/mol. The smallest absolute Gasteiger partial charge is 0.404 e. The second-order valence-electron chi connectivity index (χ2n) is 2.04. The van der Waals surface area contributed by atoms with Gasteiger partial charge in [-0.1, -0.05) is 0 Å². The van der Waals surface area contributed by atoms with E-state index < -0.39 is 18.1 Å². The number of carbonyl (C=O) groups excluding carboxylic acids is 2. The summed E-state index contributed by atoms with van der Waals surface area (Å²) in [6.07, 6.45) is 0.00801. The van der Waals surface area contributed by atoms with E-state index in [2.05, 4.69) is 23.9 Å². The standard InChI is InChI=1S/C7H11NO3.Y/c1-5(4-9)6(2)8-7(10)11-3;/h4-6H,1-2H2,3H3,(H,8,10);/q-2;. The van der Waals surface area contributed by atoms with E-state index in [1.807, 2.05) is 0 Å². The zero-order chi connectivity index (χ0) is 8.85. The predicted molar refractivity (Wildman–Crippen MR) is 39.6 cm³/mol. The van der Waals surface area contributed by atoms with Gasteiger partial charge >= 0.3 is 6.09 Å². The largest absolute Gasteiger partial charge is 0.453 e. The van der Waals surface area contributed by atoms with Crippen molar-refractivity contribution in [3.05, 3.63) is 13.8 Å². The van der Waals surface area contributed by atoms with Crippen molar-refractivity contribution in [3.63, 3.8) is 0 Å². The van der Waals surface area contributed by atoms with Crippen LogP contribution in [0.4, 0.5) is 4.79 Å². The summed E-state index contributed by atoms with van der Waals surface area (Å²) in [6.45, 7) is 6.93. The van der Waals surface area contributed by atoms with Gasteiger partial charge in [0.15, 0.2) is 0 Å². The van der Waals surface area contributed by atoms with Gasteiger partial charge in [-0.25, -0.2) is 4.79 Å². The van der Waals surface area contributed by atoms with Crippen molar-refractivity contribution >= 4 is 12.4 Å². The molecule has 1 N–H and O–H groups in total. The first-order chi connectivity index (χ1) is 5.11. The van der Waals surface area contributed by atoms with Gasteiger partial charge in [0.05, 0.1) is 13.4 Å². The maximum atomic E-state index is 10.5. The van der Waals surface area contributed by atoms with Gasteiger partial charge in [-0.15, -0.1) is 12.0 Å². The topological polar surface area (TPSA) is 55.4 Å². The SMILES string of the molecule is [CH2-]C(C=O)C([CH2-])NC(=O)OC.[Y]. The molecular weight excluding hydrogens is 235 g/mol. The van der Waals surface area contributed by atoms with E-state index in [-0.39, 0.29) is 32.7 Å². The molecule has 4 nitrogen and oxygen atoms in total. The summed E-state index contributed by atoms with van der Waals surface area (Å²) in [6, 6.07) is -0.542.